The summed E-state index contributed by atoms with van der Waals surface area (Å²) < 4.78 is 0.788. The van der Waals surface area contributed by atoms with Crippen LogP contribution < -0.4 is 0 Å². The fourth-order valence-corrected chi connectivity index (χ4v) is 4.71. The number of thiol groups is 1. The number of rotatable bonds is 3. The molecule has 2 unspecified atom stereocenters. The van der Waals surface area contributed by atoms with Crippen molar-refractivity contribution in [1.82, 2.24) is 0 Å². The highest BCUT2D eigenvalue weighted by Gasteiger charge is 2.36. The zero-order valence-electron chi connectivity index (χ0n) is 9.97. The number of halogens is 2. The number of hydrogen-bond donors (Lipinski definition) is 1. The Bertz CT molecular complexity index is 383. The Kier molecular flexibility index (Phi) is 4.79. The van der Waals surface area contributed by atoms with Gasteiger partial charge in [0.15, 0.2) is 0 Å². The molecule has 1 N–H and O–H groups in total. The lowest BCUT2D eigenvalue weighted by Crippen LogP contribution is -2.26. The normalized spacial score (nSPS) is 29.8. The van der Waals surface area contributed by atoms with Crippen molar-refractivity contribution in [2.75, 3.05) is 5.75 Å². The molecule has 17 heavy (non-hydrogen) atoms. The Hall–Kier alpha value is 0.270. The predicted octanol–water partition coefficient (Wildman–Crippen LogP) is 4.19. The fourth-order valence-electron chi connectivity index (χ4n) is 2.58. The van der Waals surface area contributed by atoms with E-state index in [1.165, 1.54) is 35.9 Å². The van der Waals surface area contributed by atoms with Crippen LogP contribution in [0.4, 0.5) is 0 Å². The number of allylic oxidation sites excluding steroid dienone is 3. The largest absolute Gasteiger partial charge is 0.303 e. The third kappa shape index (κ3) is 2.82. The summed E-state index contributed by atoms with van der Waals surface area (Å²) in [4.78, 5) is 0. The molecule has 1 fully saturated rings. The van der Waals surface area contributed by atoms with Gasteiger partial charge in [-0.1, -0.05) is 24.9 Å². The van der Waals surface area contributed by atoms with Crippen molar-refractivity contribution in [3.05, 3.63) is 21.2 Å². The Morgan fingerprint density at radius 3 is 2.94 bits per heavy atom. The standard InChI is InChI=1S/C13H17BrClNS/c1-2-4-8-9(11-5-3-6-17-11)7-10(15)12(14)13(8)16/h7-8,11,16H,2-6H2,1H3/p+1. The minimum absolute atomic E-state index is 0.285. The maximum absolute atomic E-state index is 8.25. The van der Waals surface area contributed by atoms with Crippen LogP contribution in [0.15, 0.2) is 21.2 Å². The van der Waals surface area contributed by atoms with E-state index in [9.17, 15) is 0 Å². The molecule has 0 bridgehead atoms. The minimum Gasteiger partial charge on any atom is -0.303 e. The second-order valence-electron chi connectivity index (χ2n) is 4.63. The Morgan fingerprint density at radius 1 is 1.59 bits per heavy atom. The van der Waals surface area contributed by atoms with Gasteiger partial charge in [0.05, 0.1) is 15.2 Å². The third-order valence-corrected chi connectivity index (χ3v) is 6.39. The van der Waals surface area contributed by atoms with Crippen molar-refractivity contribution in [3.8, 4) is 0 Å². The van der Waals surface area contributed by atoms with E-state index in [0.717, 1.165) is 17.3 Å². The van der Waals surface area contributed by atoms with E-state index < -0.39 is 0 Å². The van der Waals surface area contributed by atoms with Gasteiger partial charge in [0.1, 0.15) is 11.0 Å². The first-order valence-electron chi connectivity index (χ1n) is 6.17. The van der Waals surface area contributed by atoms with E-state index in [2.05, 4.69) is 28.9 Å². The van der Waals surface area contributed by atoms with Crippen molar-refractivity contribution >= 4 is 45.0 Å². The van der Waals surface area contributed by atoms with E-state index >= 15 is 0 Å². The zero-order chi connectivity index (χ0) is 12.4. The molecular formula is C13H18BrClNS+. The van der Waals surface area contributed by atoms with Gasteiger partial charge >= 0.3 is 0 Å². The van der Waals surface area contributed by atoms with Crippen LogP contribution in [0.2, 0.25) is 0 Å². The summed E-state index contributed by atoms with van der Waals surface area (Å²) in [6, 6.07) is 0. The highest BCUT2D eigenvalue weighted by molar-refractivity contribution is 9.12. The fraction of sp³-hybridized carbons (Fsp3) is 0.615. The molecule has 0 spiro atoms. The quantitative estimate of drug-likeness (QED) is 0.591. The van der Waals surface area contributed by atoms with Crippen LogP contribution in [0.25, 0.3) is 0 Å². The van der Waals surface area contributed by atoms with Crippen molar-refractivity contribution in [3.63, 3.8) is 0 Å². The molecular weight excluding hydrogens is 318 g/mol. The summed E-state index contributed by atoms with van der Waals surface area (Å²) in [6.45, 7) is 2.19. The molecule has 0 saturated carbocycles. The molecule has 1 nitrogen and oxygen atoms in total. The van der Waals surface area contributed by atoms with Crippen LogP contribution in [0.3, 0.4) is 0 Å². The second-order valence-corrected chi connectivity index (χ2v) is 7.26. The summed E-state index contributed by atoms with van der Waals surface area (Å²) in [5, 5.41) is 9.59. The van der Waals surface area contributed by atoms with Gasteiger partial charge in [-0.25, -0.2) is 0 Å². The molecule has 2 aliphatic rings. The second kappa shape index (κ2) is 5.94. The molecule has 1 aliphatic carbocycles. The summed E-state index contributed by atoms with van der Waals surface area (Å²) in [6.07, 6.45) is 6.88. The molecule has 1 heterocycles. The monoisotopic (exact) mass is 334 g/mol. The molecule has 1 aliphatic heterocycles. The maximum Gasteiger partial charge on any atom is 0.138 e. The molecule has 94 valence electrons. The van der Waals surface area contributed by atoms with E-state index in [0.29, 0.717) is 16.0 Å². The highest BCUT2D eigenvalue weighted by Crippen LogP contribution is 2.38. The van der Waals surface area contributed by atoms with Crippen LogP contribution in [0, 0.1) is 11.3 Å². The number of nitrogens with one attached hydrogen (secondary N) is 1. The van der Waals surface area contributed by atoms with Crippen LogP contribution in [-0.2, 0) is 11.8 Å². The van der Waals surface area contributed by atoms with Gasteiger partial charge in [0.2, 0.25) is 0 Å². The molecule has 2 atom stereocenters. The summed E-state index contributed by atoms with van der Waals surface area (Å²) >= 11 is 11.2. The van der Waals surface area contributed by atoms with Gasteiger partial charge in [-0.05, 0) is 52.2 Å². The van der Waals surface area contributed by atoms with Crippen LogP contribution >= 0.6 is 27.5 Å². The summed E-state index contributed by atoms with van der Waals surface area (Å²) in [7, 11) is 0. The maximum atomic E-state index is 8.25. The van der Waals surface area contributed by atoms with Crippen molar-refractivity contribution in [2.24, 2.45) is 5.92 Å². The SMILES string of the molecule is CCCC1C(=N)C(Br)=C(Cl)C=C1C1CCC[SH+]1. The van der Waals surface area contributed by atoms with Gasteiger partial charge < -0.3 is 5.41 Å². The van der Waals surface area contributed by atoms with Gasteiger partial charge in [-0.2, -0.15) is 0 Å². The first kappa shape index (κ1) is 13.7. The first-order valence-corrected chi connectivity index (χ1v) is 8.49. The Balaban J connectivity index is 2.30. The van der Waals surface area contributed by atoms with Crippen LogP contribution in [0.5, 0.6) is 0 Å². The zero-order valence-corrected chi connectivity index (χ0v) is 13.2. The van der Waals surface area contributed by atoms with E-state index in [1.54, 1.807) is 0 Å². The molecule has 0 amide bonds. The van der Waals surface area contributed by atoms with Gasteiger partial charge in [0.25, 0.3) is 0 Å². The van der Waals surface area contributed by atoms with E-state index in [1.807, 2.05) is 0 Å². The van der Waals surface area contributed by atoms with E-state index in [4.69, 9.17) is 17.0 Å². The highest BCUT2D eigenvalue weighted by atomic mass is 79.9. The molecule has 1 saturated heterocycles. The third-order valence-electron chi connectivity index (χ3n) is 3.44. The smallest absolute Gasteiger partial charge is 0.138 e. The van der Waals surface area contributed by atoms with Crippen molar-refractivity contribution in [1.29, 1.82) is 5.41 Å². The number of hydrogen-bond acceptors (Lipinski definition) is 1. The lowest BCUT2D eigenvalue weighted by atomic mass is 9.83. The van der Waals surface area contributed by atoms with E-state index in [-0.39, 0.29) is 5.92 Å². The first-order chi connectivity index (χ1) is 8.15. The van der Waals surface area contributed by atoms with Crippen molar-refractivity contribution < 1.29 is 0 Å². The molecule has 0 aromatic carbocycles. The average molecular weight is 336 g/mol. The molecule has 0 radical (unpaired) electrons. The Labute approximate surface area is 121 Å². The summed E-state index contributed by atoms with van der Waals surface area (Å²) in [5.74, 6) is 1.59. The predicted molar refractivity (Wildman–Crippen MR) is 82.7 cm³/mol. The van der Waals surface area contributed by atoms with Crippen molar-refractivity contribution in [2.45, 2.75) is 37.9 Å². The topological polar surface area (TPSA) is 23.9 Å². The van der Waals surface area contributed by atoms with Crippen LogP contribution in [0.1, 0.15) is 32.6 Å². The molecule has 0 aromatic rings. The van der Waals surface area contributed by atoms with Gasteiger partial charge in [-0.3, -0.25) is 0 Å². The lowest BCUT2D eigenvalue weighted by Gasteiger charge is -2.26. The average Bonchev–Trinajstić information content (AvgIpc) is 2.83. The van der Waals surface area contributed by atoms with Gasteiger partial charge in [0, 0.05) is 12.3 Å². The van der Waals surface area contributed by atoms with Crippen LogP contribution in [-0.4, -0.2) is 16.7 Å². The molecule has 0 aromatic heterocycles. The Morgan fingerprint density at radius 2 is 2.35 bits per heavy atom. The lowest BCUT2D eigenvalue weighted by molar-refractivity contribution is 0.652. The summed E-state index contributed by atoms with van der Waals surface area (Å²) in [5.41, 5.74) is 2.08. The minimum atomic E-state index is 0.285. The molecule has 4 heteroatoms. The molecule has 2 rings (SSSR count). The van der Waals surface area contributed by atoms with Gasteiger partial charge in [-0.15, -0.1) is 0 Å².